The van der Waals surface area contributed by atoms with Crippen LogP contribution >= 0.6 is 15.9 Å². The number of carbonyl (C=O) groups excluding carboxylic acids is 1. The Morgan fingerprint density at radius 2 is 2.27 bits per heavy atom. The highest BCUT2D eigenvalue weighted by molar-refractivity contribution is 9.10. The summed E-state index contributed by atoms with van der Waals surface area (Å²) < 4.78 is 11.0. The van der Waals surface area contributed by atoms with E-state index in [2.05, 4.69) is 21.2 Å². The summed E-state index contributed by atoms with van der Waals surface area (Å²) in [6.07, 6.45) is 1.52. The number of benzene rings is 1. The van der Waals surface area contributed by atoms with Gasteiger partial charge in [-0.15, -0.1) is 0 Å². The third-order valence-corrected chi connectivity index (χ3v) is 4.19. The molecule has 1 aromatic rings. The Morgan fingerprint density at radius 3 is 2.82 bits per heavy atom. The number of carbonyl (C=O) groups is 2. The number of amides is 1. The molecule has 1 fully saturated rings. The number of carboxylic acid groups (broad SMARTS) is 1. The largest absolute Gasteiger partial charge is 0.496 e. The normalized spacial score (nSPS) is 19.3. The second-order valence-electron chi connectivity index (χ2n) is 5.09. The third kappa shape index (κ3) is 3.98. The van der Waals surface area contributed by atoms with Gasteiger partial charge >= 0.3 is 5.97 Å². The fourth-order valence-electron chi connectivity index (χ4n) is 2.36. The summed E-state index contributed by atoms with van der Waals surface area (Å²) in [5.74, 6) is -1.10. The number of ether oxygens (including phenoxy) is 2. The molecule has 120 valence electrons. The smallest absolute Gasteiger partial charge is 0.330 e. The SMILES string of the molecule is COc1ccc(C(NC(=O)C2CCCOC2)C(=O)O)cc1Br. The fourth-order valence-corrected chi connectivity index (χ4v) is 2.92. The number of methoxy groups -OCH3 is 1. The zero-order valence-electron chi connectivity index (χ0n) is 12.2. The van der Waals surface area contributed by atoms with E-state index in [4.69, 9.17) is 9.47 Å². The van der Waals surface area contributed by atoms with E-state index < -0.39 is 12.0 Å². The van der Waals surface area contributed by atoms with Gasteiger partial charge in [0.15, 0.2) is 6.04 Å². The molecule has 0 aromatic heterocycles. The second kappa shape index (κ2) is 7.60. The Labute approximate surface area is 136 Å². The van der Waals surface area contributed by atoms with Gasteiger partial charge in [-0.25, -0.2) is 4.79 Å². The van der Waals surface area contributed by atoms with Crippen LogP contribution in [0.1, 0.15) is 24.4 Å². The lowest BCUT2D eigenvalue weighted by molar-refractivity contribution is -0.143. The van der Waals surface area contributed by atoms with E-state index in [9.17, 15) is 14.7 Å². The van der Waals surface area contributed by atoms with Gasteiger partial charge < -0.3 is 19.9 Å². The molecular formula is C15H18BrNO5. The summed E-state index contributed by atoms with van der Waals surface area (Å²) in [5.41, 5.74) is 0.477. The van der Waals surface area contributed by atoms with Crippen LogP contribution in [-0.2, 0) is 14.3 Å². The highest BCUT2D eigenvalue weighted by Gasteiger charge is 2.28. The summed E-state index contributed by atoms with van der Waals surface area (Å²) >= 11 is 3.32. The van der Waals surface area contributed by atoms with Crippen LogP contribution in [-0.4, -0.2) is 37.3 Å². The van der Waals surface area contributed by atoms with Crippen molar-refractivity contribution in [3.63, 3.8) is 0 Å². The first-order valence-electron chi connectivity index (χ1n) is 6.97. The molecule has 0 spiro atoms. The van der Waals surface area contributed by atoms with Crippen molar-refractivity contribution in [2.45, 2.75) is 18.9 Å². The molecule has 22 heavy (non-hydrogen) atoms. The molecule has 0 aliphatic carbocycles. The number of halogens is 1. The van der Waals surface area contributed by atoms with Crippen molar-refractivity contribution in [1.29, 1.82) is 0 Å². The van der Waals surface area contributed by atoms with E-state index in [0.717, 1.165) is 6.42 Å². The van der Waals surface area contributed by atoms with Gasteiger partial charge in [-0.3, -0.25) is 4.79 Å². The van der Waals surface area contributed by atoms with Gasteiger partial charge in [0.1, 0.15) is 5.75 Å². The molecule has 1 heterocycles. The molecule has 1 saturated heterocycles. The Morgan fingerprint density at radius 1 is 1.50 bits per heavy atom. The first-order valence-corrected chi connectivity index (χ1v) is 7.76. The summed E-state index contributed by atoms with van der Waals surface area (Å²) in [6, 6.07) is 3.82. The molecule has 0 saturated carbocycles. The van der Waals surface area contributed by atoms with Crippen LogP contribution in [0.5, 0.6) is 5.75 Å². The number of hydrogen-bond donors (Lipinski definition) is 2. The van der Waals surface area contributed by atoms with Crippen molar-refractivity contribution < 1.29 is 24.2 Å². The molecule has 1 amide bonds. The molecule has 2 rings (SSSR count). The van der Waals surface area contributed by atoms with Crippen LogP contribution in [0, 0.1) is 5.92 Å². The summed E-state index contributed by atoms with van der Waals surface area (Å²) in [4.78, 5) is 23.7. The Bertz CT molecular complexity index is 557. The topological polar surface area (TPSA) is 84.9 Å². The highest BCUT2D eigenvalue weighted by atomic mass is 79.9. The summed E-state index contributed by atoms with van der Waals surface area (Å²) in [7, 11) is 1.53. The molecule has 0 bridgehead atoms. The van der Waals surface area contributed by atoms with Gasteiger partial charge in [-0.05, 0) is 46.5 Å². The highest BCUT2D eigenvalue weighted by Crippen LogP contribution is 2.28. The summed E-state index contributed by atoms with van der Waals surface area (Å²) in [5, 5.41) is 12.0. The number of aliphatic carboxylic acids is 1. The average Bonchev–Trinajstić information content (AvgIpc) is 2.52. The maximum Gasteiger partial charge on any atom is 0.330 e. The van der Waals surface area contributed by atoms with Crippen LogP contribution in [0.2, 0.25) is 0 Å². The van der Waals surface area contributed by atoms with Crippen LogP contribution in [0.4, 0.5) is 0 Å². The monoisotopic (exact) mass is 371 g/mol. The molecule has 1 aromatic carbocycles. The van der Waals surface area contributed by atoms with E-state index in [1.807, 2.05) is 0 Å². The molecule has 2 unspecified atom stereocenters. The second-order valence-corrected chi connectivity index (χ2v) is 5.94. The number of carboxylic acids is 1. The van der Waals surface area contributed by atoms with Crippen LogP contribution in [0.25, 0.3) is 0 Å². The number of rotatable bonds is 5. The zero-order chi connectivity index (χ0) is 16.1. The van der Waals surface area contributed by atoms with Crippen molar-refractivity contribution in [2.75, 3.05) is 20.3 Å². The summed E-state index contributed by atoms with van der Waals surface area (Å²) in [6.45, 7) is 0.988. The first kappa shape index (κ1) is 16.8. The molecular weight excluding hydrogens is 354 g/mol. The maximum absolute atomic E-state index is 12.2. The van der Waals surface area contributed by atoms with E-state index in [1.165, 1.54) is 7.11 Å². The lowest BCUT2D eigenvalue weighted by Gasteiger charge is -2.23. The molecule has 1 aliphatic rings. The van der Waals surface area contributed by atoms with Crippen LogP contribution in [0.15, 0.2) is 22.7 Å². The van der Waals surface area contributed by atoms with Gasteiger partial charge in [-0.1, -0.05) is 6.07 Å². The van der Waals surface area contributed by atoms with Crippen LogP contribution in [0.3, 0.4) is 0 Å². The minimum Gasteiger partial charge on any atom is -0.496 e. The van der Waals surface area contributed by atoms with Gasteiger partial charge in [0.2, 0.25) is 5.91 Å². The Kier molecular flexibility index (Phi) is 5.79. The molecule has 6 nitrogen and oxygen atoms in total. The first-order chi connectivity index (χ1) is 10.5. The predicted octanol–water partition coefficient (Wildman–Crippen LogP) is 2.13. The van der Waals surface area contributed by atoms with E-state index >= 15 is 0 Å². The Balaban J connectivity index is 2.14. The van der Waals surface area contributed by atoms with Gasteiger partial charge in [0.05, 0.1) is 24.1 Å². The standard InChI is InChI=1S/C15H18BrNO5/c1-21-12-5-4-9(7-11(12)16)13(15(19)20)17-14(18)10-3-2-6-22-8-10/h4-5,7,10,13H,2-3,6,8H2,1H3,(H,17,18)(H,19,20). The van der Waals surface area contributed by atoms with Crippen molar-refractivity contribution in [2.24, 2.45) is 5.92 Å². The van der Waals surface area contributed by atoms with Crippen molar-refractivity contribution in [3.8, 4) is 5.75 Å². The van der Waals surface area contributed by atoms with Crippen molar-refractivity contribution in [1.82, 2.24) is 5.32 Å². The molecule has 2 atom stereocenters. The average molecular weight is 372 g/mol. The van der Waals surface area contributed by atoms with E-state index in [0.29, 0.717) is 35.4 Å². The van der Waals surface area contributed by atoms with Crippen molar-refractivity contribution >= 4 is 27.8 Å². The minimum atomic E-state index is -1.11. The molecule has 0 radical (unpaired) electrons. The lowest BCUT2D eigenvalue weighted by Crippen LogP contribution is -2.40. The number of nitrogens with one attached hydrogen (secondary N) is 1. The quantitative estimate of drug-likeness (QED) is 0.827. The Hall–Kier alpha value is -1.60. The van der Waals surface area contributed by atoms with E-state index in [1.54, 1.807) is 18.2 Å². The van der Waals surface area contributed by atoms with Crippen LogP contribution < -0.4 is 10.1 Å². The fraction of sp³-hybridized carbons (Fsp3) is 0.467. The number of hydrogen-bond acceptors (Lipinski definition) is 4. The third-order valence-electron chi connectivity index (χ3n) is 3.57. The van der Waals surface area contributed by atoms with Gasteiger partial charge in [-0.2, -0.15) is 0 Å². The van der Waals surface area contributed by atoms with E-state index in [-0.39, 0.29) is 11.8 Å². The molecule has 1 aliphatic heterocycles. The van der Waals surface area contributed by atoms with Gasteiger partial charge in [0.25, 0.3) is 0 Å². The predicted molar refractivity (Wildman–Crippen MR) is 82.8 cm³/mol. The maximum atomic E-state index is 12.2. The molecule has 7 heteroatoms. The minimum absolute atomic E-state index is 0.293. The molecule has 2 N–H and O–H groups in total. The lowest BCUT2D eigenvalue weighted by atomic mass is 10.00. The van der Waals surface area contributed by atoms with Crippen molar-refractivity contribution in [3.05, 3.63) is 28.2 Å². The van der Waals surface area contributed by atoms with Gasteiger partial charge in [0, 0.05) is 6.61 Å². The zero-order valence-corrected chi connectivity index (χ0v) is 13.8.